The fourth-order valence-corrected chi connectivity index (χ4v) is 0. The van der Waals surface area contributed by atoms with Crippen LogP contribution in [0.5, 0.6) is 0 Å². The fraction of sp³-hybridized carbons (Fsp3) is 0.500. The number of carbonyl (C=O) groups is 1. The van der Waals surface area contributed by atoms with Gasteiger partial charge in [-0.1, -0.05) is 6.58 Å². The summed E-state index contributed by atoms with van der Waals surface area (Å²) in [6.45, 7) is 5.91. The molecule has 1 amide bonds. The highest BCUT2D eigenvalue weighted by Crippen LogP contribution is 1.91. The molecular formula is C6H16N2O4S. The maximum Gasteiger partial charge on any atom is 0.267 e. The van der Waals surface area contributed by atoms with Gasteiger partial charge < -0.3 is 11.9 Å². The normalized spacial score (nSPS) is 9.23. The van der Waals surface area contributed by atoms with E-state index in [4.69, 9.17) is 4.55 Å². The van der Waals surface area contributed by atoms with E-state index in [-0.39, 0.29) is 6.15 Å². The lowest BCUT2D eigenvalue weighted by molar-refractivity contribution is -0.113. The van der Waals surface area contributed by atoms with E-state index >= 15 is 0 Å². The molecule has 6 N–H and O–H groups in total. The molecule has 0 heterocycles. The number of primary amides is 1. The zero-order valence-corrected chi connectivity index (χ0v) is 8.54. The number of hydrogen-bond acceptors (Lipinski definition) is 4. The van der Waals surface area contributed by atoms with E-state index < -0.39 is 21.3 Å². The van der Waals surface area contributed by atoms with Crippen LogP contribution >= 0.6 is 0 Å². The van der Waals surface area contributed by atoms with E-state index in [1.54, 1.807) is 0 Å². The molecule has 7 heteroatoms. The Bertz CT molecular complexity index is 245. The fourth-order valence-electron chi connectivity index (χ4n) is 0. The maximum atomic E-state index is 9.89. The Morgan fingerprint density at radius 2 is 1.69 bits per heavy atom. The van der Waals surface area contributed by atoms with Gasteiger partial charge in [0, 0.05) is 0 Å². The van der Waals surface area contributed by atoms with Crippen LogP contribution in [0.2, 0.25) is 0 Å². The van der Waals surface area contributed by atoms with Crippen molar-refractivity contribution in [2.24, 2.45) is 5.73 Å². The first kappa shape index (κ1) is 18.0. The Kier molecular flexibility index (Phi) is 10.7. The number of nitrogens with two attached hydrogens (primary N) is 1. The van der Waals surface area contributed by atoms with E-state index in [1.165, 1.54) is 13.8 Å². The van der Waals surface area contributed by atoms with Crippen LogP contribution in [0.1, 0.15) is 13.8 Å². The van der Waals surface area contributed by atoms with Crippen molar-refractivity contribution >= 4 is 16.0 Å². The molecule has 0 aromatic carbocycles. The van der Waals surface area contributed by atoms with Crippen molar-refractivity contribution in [2.45, 2.75) is 19.1 Å². The summed E-state index contributed by atoms with van der Waals surface area (Å²) >= 11 is 0. The Hall–Kier alpha value is -0.920. The summed E-state index contributed by atoms with van der Waals surface area (Å²) in [7, 11) is -3.74. The molecule has 13 heavy (non-hydrogen) atoms. The molecule has 0 rings (SSSR count). The second kappa shape index (κ2) is 7.71. The zero-order chi connectivity index (χ0) is 10.4. The maximum absolute atomic E-state index is 9.89. The minimum Gasteiger partial charge on any atom is -0.366 e. The summed E-state index contributed by atoms with van der Waals surface area (Å²) in [4.78, 5) is 9.47. The summed E-state index contributed by atoms with van der Waals surface area (Å²) in [6.07, 6.45) is 1.06. The molecule has 0 aromatic heterocycles. The highest BCUT2D eigenvalue weighted by molar-refractivity contribution is 7.86. The predicted octanol–water partition coefficient (Wildman–Crippen LogP) is 0.102. The van der Waals surface area contributed by atoms with Gasteiger partial charge in [0.05, 0.1) is 5.25 Å². The van der Waals surface area contributed by atoms with E-state index in [0.717, 1.165) is 6.08 Å². The van der Waals surface area contributed by atoms with Crippen molar-refractivity contribution in [3.8, 4) is 0 Å². The van der Waals surface area contributed by atoms with Crippen molar-refractivity contribution in [3.63, 3.8) is 0 Å². The van der Waals surface area contributed by atoms with Gasteiger partial charge in [-0.3, -0.25) is 9.35 Å². The number of amides is 1. The van der Waals surface area contributed by atoms with Gasteiger partial charge in [-0.05, 0) is 19.9 Å². The van der Waals surface area contributed by atoms with Crippen molar-refractivity contribution in [3.05, 3.63) is 12.7 Å². The molecule has 0 aliphatic heterocycles. The quantitative estimate of drug-likeness (QED) is 0.441. The summed E-state index contributed by atoms with van der Waals surface area (Å²) in [5.74, 6) is -0.481. The Labute approximate surface area is 78.1 Å². The van der Waals surface area contributed by atoms with Crippen LogP contribution in [0.15, 0.2) is 12.7 Å². The molecule has 0 bridgehead atoms. The molecular weight excluding hydrogens is 196 g/mol. The molecule has 80 valence electrons. The topological polar surface area (TPSA) is 132 Å². The first-order valence-electron chi connectivity index (χ1n) is 3.10. The van der Waals surface area contributed by atoms with E-state index in [2.05, 4.69) is 12.3 Å². The van der Waals surface area contributed by atoms with Crippen LogP contribution in [0.4, 0.5) is 0 Å². The lowest BCUT2D eigenvalue weighted by Crippen LogP contribution is -2.10. The highest BCUT2D eigenvalue weighted by Gasteiger charge is 2.08. The van der Waals surface area contributed by atoms with E-state index in [1.807, 2.05) is 0 Å². The third-order valence-corrected chi connectivity index (χ3v) is 1.99. The van der Waals surface area contributed by atoms with Crippen LogP contribution in [-0.2, 0) is 14.9 Å². The van der Waals surface area contributed by atoms with Crippen molar-refractivity contribution in [2.75, 3.05) is 0 Å². The predicted molar refractivity (Wildman–Crippen MR) is 51.1 cm³/mol. The van der Waals surface area contributed by atoms with Gasteiger partial charge in [-0.2, -0.15) is 8.42 Å². The molecule has 0 fully saturated rings. The second-order valence-electron chi connectivity index (χ2n) is 2.17. The average Bonchev–Trinajstić information content (AvgIpc) is 1.87. The van der Waals surface area contributed by atoms with Gasteiger partial charge in [0.15, 0.2) is 0 Å². The number of hydrogen-bond donors (Lipinski definition) is 3. The molecule has 0 aliphatic rings. The highest BCUT2D eigenvalue weighted by atomic mass is 32.2. The molecule has 0 saturated heterocycles. The van der Waals surface area contributed by atoms with Gasteiger partial charge in [-0.25, -0.2) is 0 Å². The SMILES string of the molecule is C=CC(N)=O.CC(C)S(=O)(=O)O.N. The summed E-state index contributed by atoms with van der Waals surface area (Å²) < 4.78 is 27.8. The molecule has 6 nitrogen and oxygen atoms in total. The van der Waals surface area contributed by atoms with Gasteiger partial charge in [0.2, 0.25) is 5.91 Å². The second-order valence-corrected chi connectivity index (χ2v) is 4.14. The molecule has 0 unspecified atom stereocenters. The van der Waals surface area contributed by atoms with Crippen LogP contribution in [0, 0.1) is 0 Å². The summed E-state index contributed by atoms with van der Waals surface area (Å²) in [5.41, 5.74) is 4.53. The van der Waals surface area contributed by atoms with Gasteiger partial charge in [0.25, 0.3) is 10.1 Å². The van der Waals surface area contributed by atoms with Crippen LogP contribution < -0.4 is 11.9 Å². The average molecular weight is 212 g/mol. The van der Waals surface area contributed by atoms with Crippen molar-refractivity contribution < 1.29 is 17.8 Å². The van der Waals surface area contributed by atoms with E-state index in [0.29, 0.717) is 0 Å². The number of carbonyl (C=O) groups excluding carboxylic acids is 1. The Morgan fingerprint density at radius 1 is 1.54 bits per heavy atom. The van der Waals surface area contributed by atoms with Gasteiger partial charge in [-0.15, -0.1) is 0 Å². The molecule has 0 aliphatic carbocycles. The Balaban J connectivity index is -0.000000150. The molecule has 0 saturated carbocycles. The first-order chi connectivity index (χ1) is 5.21. The standard InChI is InChI=1S/C3H5NO.C3H8O3S.H3N/c1-2-3(4)5;1-3(2)7(4,5)6;/h2H,1H2,(H2,4,5);3H,1-2H3,(H,4,5,6);1H3. The molecule has 0 atom stereocenters. The molecule has 0 radical (unpaired) electrons. The molecule has 0 aromatic rings. The molecule has 0 spiro atoms. The van der Waals surface area contributed by atoms with Crippen LogP contribution in [0.25, 0.3) is 0 Å². The largest absolute Gasteiger partial charge is 0.366 e. The van der Waals surface area contributed by atoms with Crippen molar-refractivity contribution in [1.82, 2.24) is 6.15 Å². The first-order valence-corrected chi connectivity index (χ1v) is 4.60. The third-order valence-electron chi connectivity index (χ3n) is 0.797. The van der Waals surface area contributed by atoms with E-state index in [9.17, 15) is 13.2 Å². The summed E-state index contributed by atoms with van der Waals surface area (Å²) in [5, 5.41) is -0.674. The smallest absolute Gasteiger partial charge is 0.267 e. The Morgan fingerprint density at radius 3 is 1.69 bits per heavy atom. The van der Waals surface area contributed by atoms with Crippen molar-refractivity contribution in [1.29, 1.82) is 0 Å². The summed E-state index contributed by atoms with van der Waals surface area (Å²) in [6, 6.07) is 0. The monoisotopic (exact) mass is 212 g/mol. The van der Waals surface area contributed by atoms with Crippen LogP contribution in [0.3, 0.4) is 0 Å². The lowest BCUT2D eigenvalue weighted by atomic mass is 10.6. The minimum absolute atomic E-state index is 0. The van der Waals surface area contributed by atoms with Gasteiger partial charge >= 0.3 is 0 Å². The third kappa shape index (κ3) is 18.2. The zero-order valence-electron chi connectivity index (χ0n) is 7.73. The number of rotatable bonds is 2. The van der Waals surface area contributed by atoms with Gasteiger partial charge in [0.1, 0.15) is 0 Å². The minimum atomic E-state index is -3.74. The lowest BCUT2D eigenvalue weighted by Gasteiger charge is -1.94. The van der Waals surface area contributed by atoms with Crippen LogP contribution in [-0.4, -0.2) is 24.1 Å².